The van der Waals surface area contributed by atoms with Gasteiger partial charge in [-0.3, -0.25) is 9.89 Å². The molecule has 0 unspecified atom stereocenters. The number of hydrogen-bond donors (Lipinski definition) is 3. The summed E-state index contributed by atoms with van der Waals surface area (Å²) < 4.78 is 13.8. The van der Waals surface area contributed by atoms with Crippen LogP contribution in [0.5, 0.6) is 0 Å². The molecule has 0 spiro atoms. The van der Waals surface area contributed by atoms with Gasteiger partial charge in [-0.15, -0.1) is 0 Å². The third-order valence-electron chi connectivity index (χ3n) is 4.09. The number of fused-ring (bicyclic) bond motifs is 1. The van der Waals surface area contributed by atoms with E-state index in [1.807, 2.05) is 0 Å². The first-order chi connectivity index (χ1) is 13.0. The minimum absolute atomic E-state index is 0.0136. The third kappa shape index (κ3) is 3.39. The molecule has 27 heavy (non-hydrogen) atoms. The number of hydrogen-bond acceptors (Lipinski definition) is 3. The van der Waals surface area contributed by atoms with Crippen molar-refractivity contribution in [3.8, 4) is 11.4 Å². The molecule has 1 aromatic carbocycles. The maximum absolute atomic E-state index is 13.8. The SMILES string of the molecule is O=C(NCc1c(F)cccc1Cl)c1c[nH]c(-c2[nH]nc3nc(Cl)ccc23)c1. The van der Waals surface area contributed by atoms with Crippen LogP contribution in [0.25, 0.3) is 22.4 Å². The van der Waals surface area contributed by atoms with E-state index in [-0.39, 0.29) is 23.0 Å². The molecule has 136 valence electrons. The van der Waals surface area contributed by atoms with E-state index >= 15 is 0 Å². The number of aromatic nitrogens is 4. The van der Waals surface area contributed by atoms with Crippen molar-refractivity contribution in [2.24, 2.45) is 0 Å². The average molecular weight is 404 g/mol. The molecule has 4 aromatic rings. The molecule has 0 radical (unpaired) electrons. The zero-order chi connectivity index (χ0) is 19.0. The Balaban J connectivity index is 1.54. The van der Waals surface area contributed by atoms with Gasteiger partial charge in [0.15, 0.2) is 5.65 Å². The summed E-state index contributed by atoms with van der Waals surface area (Å²) >= 11 is 11.8. The molecule has 0 bridgehead atoms. The van der Waals surface area contributed by atoms with E-state index in [2.05, 4.69) is 25.5 Å². The number of pyridine rings is 1. The smallest absolute Gasteiger partial charge is 0.253 e. The summed E-state index contributed by atoms with van der Waals surface area (Å²) in [5.74, 6) is -0.825. The Morgan fingerprint density at radius 1 is 1.22 bits per heavy atom. The fourth-order valence-corrected chi connectivity index (χ4v) is 3.09. The van der Waals surface area contributed by atoms with Crippen LogP contribution < -0.4 is 5.32 Å². The van der Waals surface area contributed by atoms with Gasteiger partial charge in [0.2, 0.25) is 0 Å². The Kier molecular flexibility index (Phi) is 4.55. The van der Waals surface area contributed by atoms with Gasteiger partial charge < -0.3 is 10.3 Å². The van der Waals surface area contributed by atoms with E-state index < -0.39 is 5.82 Å². The quantitative estimate of drug-likeness (QED) is 0.443. The molecule has 0 atom stereocenters. The summed E-state index contributed by atoms with van der Waals surface area (Å²) in [6.45, 7) is -0.0136. The molecule has 9 heteroatoms. The van der Waals surface area contributed by atoms with Crippen LogP contribution in [0.3, 0.4) is 0 Å². The second-order valence-electron chi connectivity index (χ2n) is 5.79. The van der Waals surface area contributed by atoms with Gasteiger partial charge in [0.05, 0.1) is 17.0 Å². The molecule has 0 fully saturated rings. The molecule has 0 aliphatic carbocycles. The lowest BCUT2D eigenvalue weighted by molar-refractivity contribution is 0.0951. The van der Waals surface area contributed by atoms with Crippen molar-refractivity contribution in [2.75, 3.05) is 0 Å². The van der Waals surface area contributed by atoms with Crippen molar-refractivity contribution >= 4 is 40.1 Å². The second kappa shape index (κ2) is 7.02. The minimum atomic E-state index is -0.465. The number of H-pyrrole nitrogens is 2. The van der Waals surface area contributed by atoms with Gasteiger partial charge in [-0.05, 0) is 30.3 Å². The van der Waals surface area contributed by atoms with E-state index in [1.165, 1.54) is 12.1 Å². The topological polar surface area (TPSA) is 86.5 Å². The Bertz CT molecular complexity index is 1130. The number of carbonyl (C=O) groups excluding carboxylic acids is 1. The van der Waals surface area contributed by atoms with Crippen molar-refractivity contribution < 1.29 is 9.18 Å². The van der Waals surface area contributed by atoms with Gasteiger partial charge >= 0.3 is 0 Å². The van der Waals surface area contributed by atoms with Crippen LogP contribution in [0.2, 0.25) is 10.2 Å². The van der Waals surface area contributed by atoms with Gasteiger partial charge in [0.25, 0.3) is 5.91 Å². The van der Waals surface area contributed by atoms with E-state index in [1.54, 1.807) is 30.5 Å². The summed E-state index contributed by atoms with van der Waals surface area (Å²) in [7, 11) is 0. The first kappa shape index (κ1) is 17.5. The second-order valence-corrected chi connectivity index (χ2v) is 6.58. The lowest BCUT2D eigenvalue weighted by Gasteiger charge is -2.07. The summed E-state index contributed by atoms with van der Waals surface area (Å²) in [5, 5.41) is 11.0. The van der Waals surface area contributed by atoms with Gasteiger partial charge in [-0.1, -0.05) is 29.3 Å². The van der Waals surface area contributed by atoms with E-state index in [0.29, 0.717) is 27.8 Å². The van der Waals surface area contributed by atoms with Crippen LogP contribution in [-0.2, 0) is 6.54 Å². The van der Waals surface area contributed by atoms with Crippen molar-refractivity contribution in [1.29, 1.82) is 0 Å². The zero-order valence-corrected chi connectivity index (χ0v) is 15.2. The predicted octanol–water partition coefficient (Wildman–Crippen LogP) is 4.33. The first-order valence-electron chi connectivity index (χ1n) is 7.93. The van der Waals surface area contributed by atoms with Crippen LogP contribution in [-0.4, -0.2) is 26.1 Å². The molecule has 3 N–H and O–H groups in total. The molecule has 0 aliphatic heterocycles. The Morgan fingerprint density at radius 3 is 2.89 bits per heavy atom. The molecule has 0 saturated heterocycles. The highest BCUT2D eigenvalue weighted by Crippen LogP contribution is 2.26. The zero-order valence-electron chi connectivity index (χ0n) is 13.7. The molecule has 0 saturated carbocycles. The molecular weight excluding hydrogens is 392 g/mol. The minimum Gasteiger partial charge on any atom is -0.359 e. The van der Waals surface area contributed by atoms with Crippen molar-refractivity contribution in [3.05, 3.63) is 69.7 Å². The highest BCUT2D eigenvalue weighted by Gasteiger charge is 2.15. The summed E-state index contributed by atoms with van der Waals surface area (Å²) in [6, 6.07) is 9.51. The number of amides is 1. The van der Waals surface area contributed by atoms with Crippen LogP contribution in [0, 0.1) is 5.82 Å². The van der Waals surface area contributed by atoms with E-state index in [4.69, 9.17) is 23.2 Å². The third-order valence-corrected chi connectivity index (χ3v) is 4.65. The number of benzene rings is 1. The Morgan fingerprint density at radius 2 is 2.07 bits per heavy atom. The maximum atomic E-state index is 13.8. The molecule has 0 aliphatic rings. The van der Waals surface area contributed by atoms with Crippen molar-refractivity contribution in [3.63, 3.8) is 0 Å². The van der Waals surface area contributed by atoms with E-state index in [9.17, 15) is 9.18 Å². The lowest BCUT2D eigenvalue weighted by Crippen LogP contribution is -2.23. The van der Waals surface area contributed by atoms with E-state index in [0.717, 1.165) is 5.39 Å². The van der Waals surface area contributed by atoms with Crippen LogP contribution in [0.1, 0.15) is 15.9 Å². The Hall–Kier alpha value is -2.90. The molecule has 1 amide bonds. The van der Waals surface area contributed by atoms with Crippen LogP contribution in [0.15, 0.2) is 42.6 Å². The van der Waals surface area contributed by atoms with Crippen LogP contribution in [0.4, 0.5) is 4.39 Å². The van der Waals surface area contributed by atoms with Gasteiger partial charge in [0, 0.05) is 28.7 Å². The molecule has 3 aromatic heterocycles. The fraction of sp³-hybridized carbons (Fsp3) is 0.0556. The van der Waals surface area contributed by atoms with Gasteiger partial charge in [0.1, 0.15) is 11.0 Å². The first-order valence-corrected chi connectivity index (χ1v) is 8.69. The van der Waals surface area contributed by atoms with Gasteiger partial charge in [-0.25, -0.2) is 9.37 Å². The van der Waals surface area contributed by atoms with Crippen molar-refractivity contribution in [1.82, 2.24) is 25.5 Å². The fourth-order valence-electron chi connectivity index (χ4n) is 2.72. The highest BCUT2D eigenvalue weighted by atomic mass is 35.5. The summed E-state index contributed by atoms with van der Waals surface area (Å²) in [5.41, 5.74) is 2.46. The number of carbonyl (C=O) groups is 1. The number of nitrogens with zero attached hydrogens (tertiary/aromatic N) is 2. The van der Waals surface area contributed by atoms with Crippen molar-refractivity contribution in [2.45, 2.75) is 6.54 Å². The largest absolute Gasteiger partial charge is 0.359 e. The van der Waals surface area contributed by atoms with Crippen LogP contribution >= 0.6 is 23.2 Å². The standard InChI is InChI=1S/C18H12Cl2FN5O/c19-12-2-1-3-13(21)11(12)8-23-18(27)9-6-14(22-7-9)16-10-4-5-15(20)24-17(10)26-25-16/h1-7,22H,8H2,(H,23,27)(H,24,25,26). The Labute approximate surface area is 162 Å². The highest BCUT2D eigenvalue weighted by molar-refractivity contribution is 6.31. The number of rotatable bonds is 4. The number of nitrogens with one attached hydrogen (secondary N) is 3. The number of aromatic amines is 2. The van der Waals surface area contributed by atoms with Gasteiger partial charge in [-0.2, -0.15) is 5.10 Å². The molecule has 4 rings (SSSR count). The average Bonchev–Trinajstić information content (AvgIpc) is 3.27. The predicted molar refractivity (Wildman–Crippen MR) is 101 cm³/mol. The number of halogens is 3. The normalized spacial score (nSPS) is 11.1. The monoisotopic (exact) mass is 403 g/mol. The summed E-state index contributed by atoms with van der Waals surface area (Å²) in [4.78, 5) is 19.5. The summed E-state index contributed by atoms with van der Waals surface area (Å²) in [6.07, 6.45) is 1.56. The lowest BCUT2D eigenvalue weighted by atomic mass is 10.2. The molecule has 3 heterocycles. The molecular formula is C18H12Cl2FN5O. The maximum Gasteiger partial charge on any atom is 0.253 e. The molecule has 6 nitrogen and oxygen atoms in total.